The highest BCUT2D eigenvalue weighted by Crippen LogP contribution is 2.23. The summed E-state index contributed by atoms with van der Waals surface area (Å²) in [6.45, 7) is 0. The van der Waals surface area contributed by atoms with Gasteiger partial charge in [-0.3, -0.25) is 4.79 Å². The van der Waals surface area contributed by atoms with E-state index in [2.05, 4.69) is 5.32 Å². The number of aromatic carboxylic acids is 2. The number of carbonyl (C=O) groups is 3. The first-order valence-corrected chi connectivity index (χ1v) is 7.54. The number of carboxylic acid groups (broad SMARTS) is 2. The highest BCUT2D eigenvalue weighted by Gasteiger charge is 2.11. The molecule has 0 radical (unpaired) electrons. The van der Waals surface area contributed by atoms with Crippen LogP contribution < -0.4 is 5.32 Å². The van der Waals surface area contributed by atoms with Crippen molar-refractivity contribution >= 4 is 35.3 Å². The van der Waals surface area contributed by atoms with E-state index in [1.54, 1.807) is 18.2 Å². The van der Waals surface area contributed by atoms with E-state index in [9.17, 15) is 14.4 Å². The third kappa shape index (κ3) is 4.58. The standard InChI is InChI=1S/C16H13NO5S/c18-14(17-11-7-5-10(6-8-11)15(19)20)9-23-13-4-2-1-3-12(13)16(21)22/h1-8H,9H2,(H,17,18)(H,19,20)(H,21,22). The first-order chi connectivity index (χ1) is 11.0. The van der Waals surface area contributed by atoms with Crippen LogP contribution in [0.4, 0.5) is 5.69 Å². The smallest absolute Gasteiger partial charge is 0.336 e. The highest BCUT2D eigenvalue weighted by atomic mass is 32.2. The molecule has 0 atom stereocenters. The van der Waals surface area contributed by atoms with E-state index in [0.29, 0.717) is 10.6 Å². The van der Waals surface area contributed by atoms with Crippen LogP contribution in [-0.2, 0) is 4.79 Å². The number of carboxylic acids is 2. The fourth-order valence-corrected chi connectivity index (χ4v) is 2.65. The maximum atomic E-state index is 11.9. The summed E-state index contributed by atoms with van der Waals surface area (Å²) in [5.74, 6) is -2.34. The molecule has 7 heteroatoms. The monoisotopic (exact) mass is 331 g/mol. The van der Waals surface area contributed by atoms with Crippen LogP contribution in [0.2, 0.25) is 0 Å². The number of nitrogens with one attached hydrogen (secondary N) is 1. The number of hydrogen-bond donors (Lipinski definition) is 3. The van der Waals surface area contributed by atoms with Gasteiger partial charge in [-0.1, -0.05) is 12.1 Å². The molecule has 0 aromatic heterocycles. The largest absolute Gasteiger partial charge is 0.478 e. The lowest BCUT2D eigenvalue weighted by molar-refractivity contribution is -0.113. The Morgan fingerprint density at radius 3 is 2.17 bits per heavy atom. The Kier molecular flexibility index (Phi) is 5.37. The minimum absolute atomic E-state index is 0.0466. The Morgan fingerprint density at radius 1 is 0.913 bits per heavy atom. The summed E-state index contributed by atoms with van der Waals surface area (Å²) < 4.78 is 0. The van der Waals surface area contributed by atoms with E-state index >= 15 is 0 Å². The van der Waals surface area contributed by atoms with Crippen LogP contribution in [0.1, 0.15) is 20.7 Å². The molecule has 0 spiro atoms. The molecule has 0 unspecified atom stereocenters. The van der Waals surface area contributed by atoms with Crippen molar-refractivity contribution in [2.75, 3.05) is 11.1 Å². The van der Waals surface area contributed by atoms with Gasteiger partial charge in [-0.25, -0.2) is 9.59 Å². The van der Waals surface area contributed by atoms with Crippen molar-refractivity contribution in [2.24, 2.45) is 0 Å². The number of benzene rings is 2. The third-order valence-corrected chi connectivity index (χ3v) is 3.97. The lowest BCUT2D eigenvalue weighted by Crippen LogP contribution is -2.14. The van der Waals surface area contributed by atoms with E-state index in [4.69, 9.17) is 10.2 Å². The van der Waals surface area contributed by atoms with Gasteiger partial charge in [-0.05, 0) is 36.4 Å². The van der Waals surface area contributed by atoms with Crippen molar-refractivity contribution in [1.82, 2.24) is 0 Å². The molecule has 0 aliphatic carbocycles. The molecular weight excluding hydrogens is 318 g/mol. The first kappa shape index (κ1) is 16.6. The quantitative estimate of drug-likeness (QED) is 0.703. The average Bonchev–Trinajstić information content (AvgIpc) is 2.53. The van der Waals surface area contributed by atoms with E-state index < -0.39 is 11.9 Å². The predicted molar refractivity (Wildman–Crippen MR) is 86.2 cm³/mol. The maximum Gasteiger partial charge on any atom is 0.336 e. The van der Waals surface area contributed by atoms with E-state index in [-0.39, 0.29) is 22.8 Å². The number of amides is 1. The molecule has 2 aromatic carbocycles. The van der Waals surface area contributed by atoms with E-state index in [1.807, 2.05) is 0 Å². The molecule has 0 aliphatic heterocycles. The summed E-state index contributed by atoms with van der Waals surface area (Å²) in [5, 5.41) is 20.5. The third-order valence-electron chi connectivity index (χ3n) is 2.89. The minimum Gasteiger partial charge on any atom is -0.478 e. The molecule has 1 amide bonds. The second-order valence-corrected chi connectivity index (χ2v) is 5.54. The van der Waals surface area contributed by atoms with Gasteiger partial charge < -0.3 is 15.5 Å². The number of rotatable bonds is 6. The van der Waals surface area contributed by atoms with Crippen LogP contribution in [0.3, 0.4) is 0 Å². The van der Waals surface area contributed by atoms with Crippen molar-refractivity contribution in [2.45, 2.75) is 4.90 Å². The summed E-state index contributed by atoms with van der Waals surface area (Å²) >= 11 is 1.12. The Morgan fingerprint density at radius 2 is 1.57 bits per heavy atom. The molecule has 2 rings (SSSR count). The Labute approximate surface area is 136 Å². The normalized spacial score (nSPS) is 10.1. The maximum absolute atomic E-state index is 11.9. The molecule has 2 aromatic rings. The van der Waals surface area contributed by atoms with Gasteiger partial charge in [0.25, 0.3) is 0 Å². The molecule has 0 saturated heterocycles. The van der Waals surface area contributed by atoms with Crippen LogP contribution in [0.15, 0.2) is 53.4 Å². The number of hydrogen-bond acceptors (Lipinski definition) is 4. The minimum atomic E-state index is -1.04. The molecule has 6 nitrogen and oxygen atoms in total. The fraction of sp³-hybridized carbons (Fsp3) is 0.0625. The highest BCUT2D eigenvalue weighted by molar-refractivity contribution is 8.00. The molecule has 0 bridgehead atoms. The van der Waals surface area contributed by atoms with Crippen LogP contribution >= 0.6 is 11.8 Å². The molecule has 0 saturated carbocycles. The van der Waals surface area contributed by atoms with Gasteiger partial charge in [0.2, 0.25) is 5.91 Å². The number of anilines is 1. The van der Waals surface area contributed by atoms with E-state index in [1.165, 1.54) is 30.3 Å². The van der Waals surface area contributed by atoms with Gasteiger partial charge in [-0.2, -0.15) is 0 Å². The second-order valence-electron chi connectivity index (χ2n) is 4.52. The molecule has 0 aliphatic rings. The molecule has 23 heavy (non-hydrogen) atoms. The summed E-state index contributed by atoms with van der Waals surface area (Å²) in [6.07, 6.45) is 0. The molecule has 0 fully saturated rings. The van der Waals surface area contributed by atoms with Crippen molar-refractivity contribution in [3.05, 3.63) is 59.7 Å². The van der Waals surface area contributed by atoms with Crippen LogP contribution in [-0.4, -0.2) is 33.8 Å². The lowest BCUT2D eigenvalue weighted by Gasteiger charge is -2.07. The van der Waals surface area contributed by atoms with Crippen molar-refractivity contribution in [1.29, 1.82) is 0 Å². The molecule has 0 heterocycles. The summed E-state index contributed by atoms with van der Waals surface area (Å²) in [6, 6.07) is 12.2. The second kappa shape index (κ2) is 7.46. The zero-order chi connectivity index (χ0) is 16.8. The number of thioether (sulfide) groups is 1. The molecule has 118 valence electrons. The summed E-state index contributed by atoms with van der Waals surface area (Å²) in [5.41, 5.74) is 0.760. The van der Waals surface area contributed by atoms with Crippen molar-refractivity contribution < 1.29 is 24.6 Å². The van der Waals surface area contributed by atoms with Gasteiger partial charge in [0.15, 0.2) is 0 Å². The zero-order valence-corrected chi connectivity index (χ0v) is 12.7. The summed E-state index contributed by atoms with van der Waals surface area (Å²) in [7, 11) is 0. The van der Waals surface area contributed by atoms with Crippen LogP contribution in [0.5, 0.6) is 0 Å². The topological polar surface area (TPSA) is 104 Å². The fourth-order valence-electron chi connectivity index (χ4n) is 1.81. The Balaban J connectivity index is 1.95. The van der Waals surface area contributed by atoms with Gasteiger partial charge in [-0.15, -0.1) is 11.8 Å². The predicted octanol–water partition coefficient (Wildman–Crippen LogP) is 2.81. The van der Waals surface area contributed by atoms with Gasteiger partial charge in [0.1, 0.15) is 0 Å². The van der Waals surface area contributed by atoms with Crippen LogP contribution in [0.25, 0.3) is 0 Å². The van der Waals surface area contributed by atoms with E-state index in [0.717, 1.165) is 11.8 Å². The van der Waals surface area contributed by atoms with Crippen molar-refractivity contribution in [3.8, 4) is 0 Å². The van der Waals surface area contributed by atoms with Gasteiger partial charge in [0.05, 0.1) is 16.9 Å². The SMILES string of the molecule is O=C(CSc1ccccc1C(=O)O)Nc1ccc(C(=O)O)cc1. The molecule has 3 N–H and O–H groups in total. The summed E-state index contributed by atoms with van der Waals surface area (Å²) in [4.78, 5) is 34.2. The first-order valence-electron chi connectivity index (χ1n) is 6.55. The number of carbonyl (C=O) groups excluding carboxylic acids is 1. The zero-order valence-electron chi connectivity index (χ0n) is 11.9. The van der Waals surface area contributed by atoms with Crippen LogP contribution in [0, 0.1) is 0 Å². The van der Waals surface area contributed by atoms with Gasteiger partial charge >= 0.3 is 11.9 Å². The lowest BCUT2D eigenvalue weighted by atomic mass is 10.2. The Hall–Kier alpha value is -2.80. The van der Waals surface area contributed by atoms with Gasteiger partial charge in [0, 0.05) is 10.6 Å². The average molecular weight is 331 g/mol. The van der Waals surface area contributed by atoms with Crippen molar-refractivity contribution in [3.63, 3.8) is 0 Å². The molecular formula is C16H13NO5S. The Bertz CT molecular complexity index is 742.